The van der Waals surface area contributed by atoms with Crippen LogP contribution in [0.2, 0.25) is 0 Å². The zero-order valence-electron chi connectivity index (χ0n) is 10.0. The summed E-state index contributed by atoms with van der Waals surface area (Å²) in [6.45, 7) is 2.23. The Morgan fingerprint density at radius 2 is 1.71 bits per heavy atom. The summed E-state index contributed by atoms with van der Waals surface area (Å²) in [6, 6.07) is 0. The highest BCUT2D eigenvalue weighted by Crippen LogP contribution is 2.35. The van der Waals surface area contributed by atoms with Crippen LogP contribution in [0.4, 0.5) is 5.82 Å². The maximum Gasteiger partial charge on any atom is 0.147 e. The Balaban J connectivity index is 1.69. The van der Waals surface area contributed by atoms with Crippen molar-refractivity contribution in [2.24, 2.45) is 11.8 Å². The van der Waals surface area contributed by atoms with Crippen molar-refractivity contribution in [1.82, 2.24) is 9.97 Å². The Morgan fingerprint density at radius 3 is 2.12 bits per heavy atom. The number of hydrogen-bond donors (Lipinski definition) is 1. The first kappa shape index (κ1) is 11.0. The molecule has 0 unspecified atom stereocenters. The lowest BCUT2D eigenvalue weighted by Gasteiger charge is -2.23. The van der Waals surface area contributed by atoms with E-state index in [0.29, 0.717) is 5.69 Å². The second kappa shape index (κ2) is 4.61. The normalized spacial score (nSPS) is 19.4. The highest BCUT2D eigenvalue weighted by atomic mass is 16.3. The first-order valence-electron chi connectivity index (χ1n) is 6.52. The van der Waals surface area contributed by atoms with Gasteiger partial charge in [-0.25, -0.2) is 4.98 Å². The summed E-state index contributed by atoms with van der Waals surface area (Å²) in [6.07, 6.45) is 8.94. The molecule has 0 aromatic carbocycles. The third kappa shape index (κ3) is 2.94. The van der Waals surface area contributed by atoms with Crippen molar-refractivity contribution in [3.05, 3.63) is 18.1 Å². The van der Waals surface area contributed by atoms with E-state index in [9.17, 15) is 0 Å². The smallest absolute Gasteiger partial charge is 0.147 e. The van der Waals surface area contributed by atoms with Gasteiger partial charge in [-0.05, 0) is 37.5 Å². The SMILES string of the molecule is OCc1cnc(N(CC2CC2)CC2CC2)cn1. The molecule has 4 nitrogen and oxygen atoms in total. The van der Waals surface area contributed by atoms with E-state index in [0.717, 1.165) is 30.7 Å². The number of anilines is 1. The summed E-state index contributed by atoms with van der Waals surface area (Å²) in [5.41, 5.74) is 0.645. The fourth-order valence-electron chi connectivity index (χ4n) is 2.08. The average Bonchev–Trinajstić information content (AvgIpc) is 3.23. The average molecular weight is 233 g/mol. The molecule has 17 heavy (non-hydrogen) atoms. The van der Waals surface area contributed by atoms with Gasteiger partial charge >= 0.3 is 0 Å². The second-order valence-electron chi connectivity index (χ2n) is 5.32. The molecule has 2 aliphatic carbocycles. The first-order chi connectivity index (χ1) is 8.35. The van der Waals surface area contributed by atoms with Gasteiger partial charge in [0, 0.05) is 13.1 Å². The molecule has 1 N–H and O–H groups in total. The Hall–Kier alpha value is -1.16. The lowest BCUT2D eigenvalue weighted by molar-refractivity contribution is 0.276. The van der Waals surface area contributed by atoms with Gasteiger partial charge in [0.1, 0.15) is 5.82 Å². The van der Waals surface area contributed by atoms with Crippen molar-refractivity contribution in [1.29, 1.82) is 0 Å². The molecule has 1 heterocycles. The Kier molecular flexibility index (Phi) is 2.97. The van der Waals surface area contributed by atoms with Gasteiger partial charge in [0.2, 0.25) is 0 Å². The van der Waals surface area contributed by atoms with E-state index >= 15 is 0 Å². The molecule has 4 heteroatoms. The quantitative estimate of drug-likeness (QED) is 0.810. The number of nitrogens with zero attached hydrogens (tertiary/aromatic N) is 3. The molecule has 0 radical (unpaired) electrons. The minimum atomic E-state index is -0.0292. The van der Waals surface area contributed by atoms with Crippen LogP contribution in [0.5, 0.6) is 0 Å². The van der Waals surface area contributed by atoms with Crippen LogP contribution in [-0.2, 0) is 6.61 Å². The maximum atomic E-state index is 8.96. The molecule has 3 rings (SSSR count). The lowest BCUT2D eigenvalue weighted by Crippen LogP contribution is -2.29. The number of aromatic nitrogens is 2. The minimum Gasteiger partial charge on any atom is -0.390 e. The Morgan fingerprint density at radius 1 is 1.06 bits per heavy atom. The molecular formula is C13H19N3O. The fraction of sp³-hybridized carbons (Fsp3) is 0.692. The van der Waals surface area contributed by atoms with Gasteiger partial charge in [-0.3, -0.25) is 4.98 Å². The van der Waals surface area contributed by atoms with Gasteiger partial charge in [0.15, 0.2) is 0 Å². The first-order valence-corrected chi connectivity index (χ1v) is 6.52. The minimum absolute atomic E-state index is 0.0292. The van der Waals surface area contributed by atoms with Crippen LogP contribution in [-0.4, -0.2) is 28.2 Å². The van der Waals surface area contributed by atoms with E-state index in [1.165, 1.54) is 25.7 Å². The standard InChI is InChI=1S/C13H19N3O/c17-9-12-5-15-13(6-14-12)16(7-10-1-2-10)8-11-3-4-11/h5-6,10-11,17H,1-4,7-9H2. The second-order valence-corrected chi connectivity index (χ2v) is 5.32. The highest BCUT2D eigenvalue weighted by Gasteiger charge is 2.29. The summed E-state index contributed by atoms with van der Waals surface area (Å²) < 4.78 is 0. The van der Waals surface area contributed by atoms with Crippen LogP contribution in [0.1, 0.15) is 31.4 Å². The molecule has 2 fully saturated rings. The third-order valence-electron chi connectivity index (χ3n) is 3.53. The molecule has 1 aromatic heterocycles. The molecule has 0 atom stereocenters. The van der Waals surface area contributed by atoms with Gasteiger partial charge < -0.3 is 10.0 Å². The van der Waals surface area contributed by atoms with Gasteiger partial charge in [-0.15, -0.1) is 0 Å². The zero-order valence-corrected chi connectivity index (χ0v) is 10.0. The van der Waals surface area contributed by atoms with Crippen LogP contribution < -0.4 is 4.90 Å². The summed E-state index contributed by atoms with van der Waals surface area (Å²) in [5.74, 6) is 2.71. The number of hydrogen-bond acceptors (Lipinski definition) is 4. The highest BCUT2D eigenvalue weighted by molar-refractivity contribution is 5.36. The van der Waals surface area contributed by atoms with Crippen LogP contribution in [0, 0.1) is 11.8 Å². The van der Waals surface area contributed by atoms with Crippen molar-refractivity contribution in [2.45, 2.75) is 32.3 Å². The number of aliphatic hydroxyl groups excluding tert-OH is 1. The van der Waals surface area contributed by atoms with E-state index in [2.05, 4.69) is 14.9 Å². The van der Waals surface area contributed by atoms with Gasteiger partial charge in [-0.2, -0.15) is 0 Å². The fourth-order valence-corrected chi connectivity index (χ4v) is 2.08. The van der Waals surface area contributed by atoms with Crippen LogP contribution >= 0.6 is 0 Å². The van der Waals surface area contributed by atoms with Crippen molar-refractivity contribution in [3.8, 4) is 0 Å². The summed E-state index contributed by atoms with van der Waals surface area (Å²) in [7, 11) is 0. The predicted octanol–water partition coefficient (Wildman–Crippen LogP) is 1.60. The predicted molar refractivity (Wildman–Crippen MR) is 65.6 cm³/mol. The van der Waals surface area contributed by atoms with E-state index in [1.807, 2.05) is 0 Å². The molecule has 0 amide bonds. The monoisotopic (exact) mass is 233 g/mol. The topological polar surface area (TPSA) is 49.3 Å². The van der Waals surface area contributed by atoms with E-state index in [1.54, 1.807) is 12.4 Å². The van der Waals surface area contributed by atoms with Crippen molar-refractivity contribution in [2.75, 3.05) is 18.0 Å². The molecule has 0 saturated heterocycles. The Bertz CT molecular complexity index is 357. The van der Waals surface area contributed by atoms with Crippen LogP contribution in [0.3, 0.4) is 0 Å². The number of rotatable bonds is 6. The summed E-state index contributed by atoms with van der Waals surface area (Å²) in [4.78, 5) is 11.0. The molecule has 2 aliphatic rings. The maximum absolute atomic E-state index is 8.96. The van der Waals surface area contributed by atoms with Crippen LogP contribution in [0.25, 0.3) is 0 Å². The largest absolute Gasteiger partial charge is 0.390 e. The summed E-state index contributed by atoms with van der Waals surface area (Å²) >= 11 is 0. The van der Waals surface area contributed by atoms with E-state index in [4.69, 9.17) is 5.11 Å². The van der Waals surface area contributed by atoms with Crippen molar-refractivity contribution < 1.29 is 5.11 Å². The number of aliphatic hydroxyl groups is 1. The Labute approximate surface area is 102 Å². The van der Waals surface area contributed by atoms with Crippen LogP contribution in [0.15, 0.2) is 12.4 Å². The zero-order chi connectivity index (χ0) is 11.7. The molecule has 0 aliphatic heterocycles. The molecule has 0 spiro atoms. The molecule has 92 valence electrons. The molecule has 0 bridgehead atoms. The van der Waals surface area contributed by atoms with Crippen molar-refractivity contribution >= 4 is 5.82 Å². The van der Waals surface area contributed by atoms with Gasteiger partial charge in [-0.1, -0.05) is 0 Å². The van der Waals surface area contributed by atoms with E-state index in [-0.39, 0.29) is 6.61 Å². The lowest BCUT2D eigenvalue weighted by atomic mass is 10.3. The molecule has 1 aromatic rings. The molecular weight excluding hydrogens is 214 g/mol. The van der Waals surface area contributed by atoms with E-state index < -0.39 is 0 Å². The van der Waals surface area contributed by atoms with Crippen molar-refractivity contribution in [3.63, 3.8) is 0 Å². The van der Waals surface area contributed by atoms with Gasteiger partial charge in [0.05, 0.1) is 24.7 Å². The molecule has 2 saturated carbocycles. The van der Waals surface area contributed by atoms with Gasteiger partial charge in [0.25, 0.3) is 0 Å². The summed E-state index contributed by atoms with van der Waals surface area (Å²) in [5, 5.41) is 8.96. The third-order valence-corrected chi connectivity index (χ3v) is 3.53.